The number of sulfonamides is 1. The topological polar surface area (TPSA) is 99.6 Å². The smallest absolute Gasteiger partial charge is 0.264 e. The van der Waals surface area contributed by atoms with Crippen LogP contribution in [0.25, 0.3) is 10.2 Å². The molecule has 2 fully saturated rings. The molecule has 0 spiro atoms. The summed E-state index contributed by atoms with van der Waals surface area (Å²) in [5, 5.41) is 10.6. The minimum absolute atomic E-state index is 0.0610. The Morgan fingerprint density at radius 1 is 1.18 bits per heavy atom. The van der Waals surface area contributed by atoms with E-state index in [1.165, 1.54) is 41.7 Å². The Hall–Kier alpha value is -2.63. The standard InChI is InChI=1S/C23H23F2N3O4S2/c24-23(25)13-16(23)12-22(30)8-10-28(11-9-22)21(29)15-4-6-17(7-5-15)27-34(31,32)19-3-1-2-18-20(19)26-14-33-18/h1-7,14,16,27,30H,8-13H2. The summed E-state index contributed by atoms with van der Waals surface area (Å²) in [5.74, 6) is -3.68. The zero-order valence-corrected chi connectivity index (χ0v) is 19.7. The Morgan fingerprint density at radius 3 is 2.50 bits per heavy atom. The first-order valence-electron chi connectivity index (χ1n) is 10.9. The number of benzene rings is 2. The van der Waals surface area contributed by atoms with Crippen LogP contribution in [0, 0.1) is 5.92 Å². The molecule has 1 saturated carbocycles. The molecule has 1 aliphatic carbocycles. The highest BCUT2D eigenvalue weighted by Crippen LogP contribution is 2.53. The van der Waals surface area contributed by atoms with Gasteiger partial charge in [0.15, 0.2) is 0 Å². The quantitative estimate of drug-likeness (QED) is 0.523. The molecule has 2 N–H and O–H groups in total. The second-order valence-electron chi connectivity index (χ2n) is 9.02. The van der Waals surface area contributed by atoms with Crippen LogP contribution in [0.2, 0.25) is 0 Å². The van der Waals surface area contributed by atoms with Gasteiger partial charge in [0.2, 0.25) is 0 Å². The number of alkyl halides is 2. The maximum Gasteiger partial charge on any atom is 0.264 e. The van der Waals surface area contributed by atoms with Crippen LogP contribution < -0.4 is 4.72 Å². The molecule has 2 aliphatic rings. The Kier molecular flexibility index (Phi) is 5.61. The number of rotatable bonds is 6. The number of piperidine rings is 1. The predicted molar refractivity (Wildman–Crippen MR) is 125 cm³/mol. The van der Waals surface area contributed by atoms with Gasteiger partial charge in [-0.1, -0.05) is 6.07 Å². The molecular formula is C23H23F2N3O4S2. The van der Waals surface area contributed by atoms with Crippen molar-refractivity contribution in [3.05, 3.63) is 53.5 Å². The molecule has 7 nitrogen and oxygen atoms in total. The molecule has 11 heteroatoms. The fourth-order valence-corrected chi connectivity index (χ4v) is 6.43. The third-order valence-corrected chi connectivity index (χ3v) is 8.77. The zero-order valence-electron chi connectivity index (χ0n) is 18.1. The largest absolute Gasteiger partial charge is 0.390 e. The highest BCUT2D eigenvalue weighted by atomic mass is 32.2. The molecule has 1 aliphatic heterocycles. The molecular weight excluding hydrogens is 484 g/mol. The molecule has 1 aromatic heterocycles. The third-order valence-electron chi connectivity index (χ3n) is 6.56. The van der Waals surface area contributed by atoms with Gasteiger partial charge in [-0.25, -0.2) is 22.2 Å². The van der Waals surface area contributed by atoms with E-state index in [-0.39, 0.29) is 49.6 Å². The van der Waals surface area contributed by atoms with Gasteiger partial charge in [0.05, 0.1) is 15.8 Å². The lowest BCUT2D eigenvalue weighted by molar-refractivity contribution is -0.0366. The van der Waals surface area contributed by atoms with Gasteiger partial charge in [0, 0.05) is 36.7 Å². The maximum absolute atomic E-state index is 13.2. The van der Waals surface area contributed by atoms with Crippen LogP contribution >= 0.6 is 11.3 Å². The number of thiazole rings is 1. The molecule has 3 aromatic rings. The van der Waals surface area contributed by atoms with Crippen LogP contribution in [0.5, 0.6) is 0 Å². The van der Waals surface area contributed by atoms with Crippen LogP contribution in [0.1, 0.15) is 36.0 Å². The summed E-state index contributed by atoms with van der Waals surface area (Å²) < 4.78 is 55.5. The van der Waals surface area contributed by atoms with E-state index in [1.807, 2.05) is 0 Å². The van der Waals surface area contributed by atoms with E-state index in [2.05, 4.69) is 9.71 Å². The van der Waals surface area contributed by atoms with E-state index >= 15 is 0 Å². The van der Waals surface area contributed by atoms with Crippen molar-refractivity contribution < 1.29 is 27.1 Å². The Bertz CT molecular complexity index is 1330. The number of fused-ring (bicyclic) bond motifs is 1. The van der Waals surface area contributed by atoms with Crippen molar-refractivity contribution in [3.8, 4) is 0 Å². The summed E-state index contributed by atoms with van der Waals surface area (Å²) >= 11 is 1.35. The van der Waals surface area contributed by atoms with Crippen molar-refractivity contribution in [1.29, 1.82) is 0 Å². The molecule has 5 rings (SSSR count). The van der Waals surface area contributed by atoms with Crippen LogP contribution in [-0.2, 0) is 10.0 Å². The summed E-state index contributed by atoms with van der Waals surface area (Å²) in [4.78, 5) is 18.7. The number of amides is 1. The number of halogens is 2. The van der Waals surface area contributed by atoms with E-state index in [1.54, 1.807) is 22.5 Å². The van der Waals surface area contributed by atoms with Gasteiger partial charge >= 0.3 is 0 Å². The number of aromatic nitrogens is 1. The average molecular weight is 508 g/mol. The van der Waals surface area contributed by atoms with Gasteiger partial charge in [-0.05, 0) is 55.7 Å². The molecule has 1 amide bonds. The number of aliphatic hydroxyl groups is 1. The summed E-state index contributed by atoms with van der Waals surface area (Å²) in [6, 6.07) is 11.1. The van der Waals surface area contributed by atoms with Gasteiger partial charge in [-0.3, -0.25) is 9.52 Å². The fraction of sp³-hybridized carbons (Fsp3) is 0.391. The molecule has 0 radical (unpaired) electrons. The fourth-order valence-electron chi connectivity index (χ4n) is 4.43. The lowest BCUT2D eigenvalue weighted by atomic mass is 9.86. The maximum atomic E-state index is 13.2. The second-order valence-corrected chi connectivity index (χ2v) is 11.6. The first-order chi connectivity index (χ1) is 16.1. The lowest BCUT2D eigenvalue weighted by Gasteiger charge is -2.38. The highest BCUT2D eigenvalue weighted by molar-refractivity contribution is 7.93. The Morgan fingerprint density at radius 2 is 1.85 bits per heavy atom. The normalized spacial score (nSPS) is 21.4. The van der Waals surface area contributed by atoms with E-state index in [0.717, 1.165) is 4.70 Å². The van der Waals surface area contributed by atoms with Gasteiger partial charge in [-0.15, -0.1) is 11.3 Å². The highest BCUT2D eigenvalue weighted by Gasteiger charge is 2.59. The van der Waals surface area contributed by atoms with Crippen molar-refractivity contribution in [2.75, 3.05) is 17.8 Å². The van der Waals surface area contributed by atoms with E-state index in [0.29, 0.717) is 16.8 Å². The van der Waals surface area contributed by atoms with Crippen LogP contribution in [-0.4, -0.2) is 53.9 Å². The van der Waals surface area contributed by atoms with Crippen molar-refractivity contribution >= 4 is 43.2 Å². The summed E-state index contributed by atoms with van der Waals surface area (Å²) in [5.41, 5.74) is 1.52. The first-order valence-corrected chi connectivity index (χ1v) is 13.3. The summed E-state index contributed by atoms with van der Waals surface area (Å²) in [6.07, 6.45) is 0.398. The van der Waals surface area contributed by atoms with Gasteiger partial charge in [0.25, 0.3) is 21.9 Å². The molecule has 0 bridgehead atoms. The Labute approximate surface area is 199 Å². The number of hydrogen-bond donors (Lipinski definition) is 2. The second kappa shape index (κ2) is 8.24. The van der Waals surface area contributed by atoms with Crippen LogP contribution in [0.3, 0.4) is 0 Å². The summed E-state index contributed by atoms with van der Waals surface area (Å²) in [7, 11) is -3.87. The number of anilines is 1. The molecule has 1 saturated heterocycles. The number of para-hydroxylation sites is 1. The predicted octanol–water partition coefficient (Wildman–Crippen LogP) is 4.11. The van der Waals surface area contributed by atoms with Gasteiger partial charge in [0.1, 0.15) is 10.4 Å². The first kappa shape index (κ1) is 23.1. The molecule has 1 unspecified atom stereocenters. The zero-order chi connectivity index (χ0) is 24.1. The van der Waals surface area contributed by atoms with Crippen LogP contribution in [0.4, 0.5) is 14.5 Å². The number of nitrogens with one attached hydrogen (secondary N) is 1. The van der Waals surface area contributed by atoms with Crippen LogP contribution in [0.15, 0.2) is 52.9 Å². The van der Waals surface area contributed by atoms with Gasteiger partial charge in [-0.2, -0.15) is 0 Å². The molecule has 2 aromatic carbocycles. The van der Waals surface area contributed by atoms with Crippen molar-refractivity contribution in [2.24, 2.45) is 5.92 Å². The summed E-state index contributed by atoms with van der Waals surface area (Å²) in [6.45, 7) is 0.555. The third kappa shape index (κ3) is 4.51. The molecule has 180 valence electrons. The van der Waals surface area contributed by atoms with E-state index in [9.17, 15) is 27.1 Å². The minimum Gasteiger partial charge on any atom is -0.390 e. The molecule has 34 heavy (non-hydrogen) atoms. The number of nitrogens with zero attached hydrogens (tertiary/aromatic N) is 2. The SMILES string of the molecule is O=C(c1ccc(NS(=O)(=O)c2cccc3scnc23)cc1)N1CCC(O)(CC2CC2(F)F)CC1. The number of likely N-dealkylation sites (tertiary alicyclic amines) is 1. The van der Waals surface area contributed by atoms with Crippen molar-refractivity contribution in [3.63, 3.8) is 0 Å². The molecule has 1 atom stereocenters. The Balaban J connectivity index is 1.22. The minimum atomic E-state index is -3.87. The molecule has 2 heterocycles. The monoisotopic (exact) mass is 507 g/mol. The number of carbonyl (C=O) groups is 1. The lowest BCUT2D eigenvalue weighted by Crippen LogP contribution is -2.47. The average Bonchev–Trinajstić information content (AvgIpc) is 3.17. The number of hydrogen-bond acceptors (Lipinski definition) is 6. The number of carbonyl (C=O) groups excluding carboxylic acids is 1. The van der Waals surface area contributed by atoms with Crippen molar-refractivity contribution in [1.82, 2.24) is 9.88 Å². The van der Waals surface area contributed by atoms with E-state index < -0.39 is 27.5 Å². The van der Waals surface area contributed by atoms with Crippen molar-refractivity contribution in [2.45, 2.75) is 42.1 Å². The van der Waals surface area contributed by atoms with Gasteiger partial charge < -0.3 is 10.0 Å². The van der Waals surface area contributed by atoms with E-state index in [4.69, 9.17) is 0 Å².